The van der Waals surface area contributed by atoms with Crippen LogP contribution in [0.15, 0.2) is 18.3 Å². The summed E-state index contributed by atoms with van der Waals surface area (Å²) in [5.41, 5.74) is 0.550. The number of methoxy groups -OCH3 is 1. The molecule has 1 aromatic heterocycles. The van der Waals surface area contributed by atoms with Crippen molar-refractivity contribution in [3.05, 3.63) is 23.9 Å². The second-order valence-corrected chi connectivity index (χ2v) is 2.74. The zero-order valence-electron chi connectivity index (χ0n) is 8.10. The SMILES string of the molecule is COCCCOc1ccc(C=O)cn1. The molecule has 0 atom stereocenters. The van der Waals surface area contributed by atoms with Gasteiger partial charge in [-0.2, -0.15) is 0 Å². The lowest BCUT2D eigenvalue weighted by molar-refractivity contribution is 0.112. The highest BCUT2D eigenvalue weighted by atomic mass is 16.5. The Labute approximate surface area is 82.9 Å². The highest BCUT2D eigenvalue weighted by molar-refractivity contribution is 5.73. The van der Waals surface area contributed by atoms with E-state index in [-0.39, 0.29) is 0 Å². The molecule has 1 aromatic rings. The third-order valence-electron chi connectivity index (χ3n) is 1.64. The van der Waals surface area contributed by atoms with Gasteiger partial charge in [0.2, 0.25) is 5.88 Å². The molecule has 0 aliphatic rings. The molecule has 0 fully saturated rings. The van der Waals surface area contributed by atoms with Gasteiger partial charge >= 0.3 is 0 Å². The minimum atomic E-state index is 0.534. The Bertz CT molecular complexity index is 271. The number of nitrogens with zero attached hydrogens (tertiary/aromatic N) is 1. The second kappa shape index (κ2) is 6.10. The van der Waals surface area contributed by atoms with Crippen LogP contribution in [0.1, 0.15) is 16.8 Å². The van der Waals surface area contributed by atoms with Crippen molar-refractivity contribution >= 4 is 6.29 Å². The van der Waals surface area contributed by atoms with E-state index in [1.165, 1.54) is 6.20 Å². The van der Waals surface area contributed by atoms with E-state index in [4.69, 9.17) is 9.47 Å². The molecule has 76 valence electrons. The lowest BCUT2D eigenvalue weighted by Gasteiger charge is -2.03. The van der Waals surface area contributed by atoms with Crippen LogP contribution in [0.3, 0.4) is 0 Å². The molecule has 4 heteroatoms. The molecule has 0 saturated carbocycles. The maximum Gasteiger partial charge on any atom is 0.213 e. The Morgan fingerprint density at radius 1 is 1.43 bits per heavy atom. The summed E-state index contributed by atoms with van der Waals surface area (Å²) < 4.78 is 10.2. The Kier molecular flexibility index (Phi) is 4.64. The fraction of sp³-hybridized carbons (Fsp3) is 0.400. The molecule has 0 radical (unpaired) electrons. The Balaban J connectivity index is 2.32. The second-order valence-electron chi connectivity index (χ2n) is 2.74. The van der Waals surface area contributed by atoms with Crippen molar-refractivity contribution in [1.29, 1.82) is 0 Å². The quantitative estimate of drug-likeness (QED) is 0.507. The molecule has 0 bridgehead atoms. The summed E-state index contributed by atoms with van der Waals surface area (Å²) in [6.45, 7) is 1.24. The number of carbonyl (C=O) groups is 1. The van der Waals surface area contributed by atoms with Gasteiger partial charge in [-0.05, 0) is 6.07 Å². The smallest absolute Gasteiger partial charge is 0.213 e. The van der Waals surface area contributed by atoms with Gasteiger partial charge in [-0.3, -0.25) is 4.79 Å². The number of pyridine rings is 1. The van der Waals surface area contributed by atoms with E-state index in [0.717, 1.165) is 12.7 Å². The van der Waals surface area contributed by atoms with Crippen LogP contribution in [0.4, 0.5) is 0 Å². The maximum absolute atomic E-state index is 10.3. The number of hydrogen-bond acceptors (Lipinski definition) is 4. The Hall–Kier alpha value is -1.42. The van der Waals surface area contributed by atoms with Crippen LogP contribution in [-0.4, -0.2) is 31.6 Å². The first kappa shape index (κ1) is 10.7. The summed E-state index contributed by atoms with van der Waals surface area (Å²) in [5.74, 6) is 0.534. The molecule has 0 spiro atoms. The molecule has 0 N–H and O–H groups in total. The highest BCUT2D eigenvalue weighted by Gasteiger charge is 1.95. The summed E-state index contributed by atoms with van der Waals surface area (Å²) >= 11 is 0. The highest BCUT2D eigenvalue weighted by Crippen LogP contribution is 2.06. The lowest BCUT2D eigenvalue weighted by Crippen LogP contribution is -2.02. The summed E-state index contributed by atoms with van der Waals surface area (Å²) in [6.07, 6.45) is 3.06. The van der Waals surface area contributed by atoms with E-state index in [0.29, 0.717) is 24.7 Å². The number of ether oxygens (including phenoxy) is 2. The average molecular weight is 195 g/mol. The van der Waals surface area contributed by atoms with E-state index < -0.39 is 0 Å². The minimum Gasteiger partial charge on any atom is -0.478 e. The molecule has 4 nitrogen and oxygen atoms in total. The van der Waals surface area contributed by atoms with Crippen molar-refractivity contribution < 1.29 is 14.3 Å². The minimum absolute atomic E-state index is 0.534. The van der Waals surface area contributed by atoms with Gasteiger partial charge in [0.1, 0.15) is 0 Å². The topological polar surface area (TPSA) is 48.4 Å². The summed E-state index contributed by atoms with van der Waals surface area (Å²) in [4.78, 5) is 14.3. The van der Waals surface area contributed by atoms with Gasteiger partial charge in [0.25, 0.3) is 0 Å². The Morgan fingerprint density at radius 3 is 2.86 bits per heavy atom. The molecule has 0 saturated heterocycles. The maximum atomic E-state index is 10.3. The first-order valence-corrected chi connectivity index (χ1v) is 4.40. The summed E-state index contributed by atoms with van der Waals surface area (Å²) in [6, 6.07) is 3.35. The molecule has 0 aromatic carbocycles. The van der Waals surface area contributed by atoms with E-state index in [1.54, 1.807) is 19.2 Å². The lowest BCUT2D eigenvalue weighted by atomic mass is 10.3. The van der Waals surface area contributed by atoms with Crippen LogP contribution in [0.5, 0.6) is 5.88 Å². The van der Waals surface area contributed by atoms with Crippen molar-refractivity contribution in [1.82, 2.24) is 4.98 Å². The predicted molar refractivity (Wildman–Crippen MR) is 51.6 cm³/mol. The molecule has 1 heterocycles. The molecule has 0 aliphatic carbocycles. The van der Waals surface area contributed by atoms with Gasteiger partial charge in [-0.15, -0.1) is 0 Å². The summed E-state index contributed by atoms with van der Waals surface area (Å²) in [7, 11) is 1.65. The monoisotopic (exact) mass is 195 g/mol. The van der Waals surface area contributed by atoms with Crippen molar-refractivity contribution in [2.75, 3.05) is 20.3 Å². The van der Waals surface area contributed by atoms with Crippen LogP contribution >= 0.6 is 0 Å². The van der Waals surface area contributed by atoms with Gasteiger partial charge in [0, 0.05) is 38.0 Å². The van der Waals surface area contributed by atoms with Crippen molar-refractivity contribution in [2.24, 2.45) is 0 Å². The molecule has 0 unspecified atom stereocenters. The van der Waals surface area contributed by atoms with Crippen LogP contribution < -0.4 is 4.74 Å². The van der Waals surface area contributed by atoms with Gasteiger partial charge in [0.05, 0.1) is 6.61 Å². The van der Waals surface area contributed by atoms with Gasteiger partial charge < -0.3 is 9.47 Å². The molecular weight excluding hydrogens is 182 g/mol. The summed E-state index contributed by atoms with van der Waals surface area (Å²) in [5, 5.41) is 0. The van der Waals surface area contributed by atoms with Crippen LogP contribution in [0.25, 0.3) is 0 Å². The van der Waals surface area contributed by atoms with E-state index in [1.807, 2.05) is 0 Å². The van der Waals surface area contributed by atoms with Crippen LogP contribution in [0, 0.1) is 0 Å². The number of aromatic nitrogens is 1. The molecule has 14 heavy (non-hydrogen) atoms. The molecule has 0 aliphatic heterocycles. The zero-order chi connectivity index (χ0) is 10.2. The Morgan fingerprint density at radius 2 is 2.29 bits per heavy atom. The number of carbonyl (C=O) groups excluding carboxylic acids is 1. The first-order chi connectivity index (χ1) is 6.86. The van der Waals surface area contributed by atoms with E-state index in [9.17, 15) is 4.79 Å². The number of rotatable bonds is 6. The molecular formula is C10H13NO3. The standard InChI is InChI=1S/C10H13NO3/c1-13-5-2-6-14-10-4-3-9(8-12)7-11-10/h3-4,7-8H,2,5-6H2,1H3. The third-order valence-corrected chi connectivity index (χ3v) is 1.64. The largest absolute Gasteiger partial charge is 0.478 e. The predicted octanol–water partition coefficient (Wildman–Crippen LogP) is 1.31. The van der Waals surface area contributed by atoms with E-state index >= 15 is 0 Å². The zero-order valence-corrected chi connectivity index (χ0v) is 8.10. The average Bonchev–Trinajstić information content (AvgIpc) is 2.25. The number of aldehydes is 1. The van der Waals surface area contributed by atoms with Crippen LogP contribution in [-0.2, 0) is 4.74 Å². The fourth-order valence-electron chi connectivity index (χ4n) is 0.927. The first-order valence-electron chi connectivity index (χ1n) is 4.40. The number of hydrogen-bond donors (Lipinski definition) is 0. The molecule has 1 rings (SSSR count). The van der Waals surface area contributed by atoms with Crippen LogP contribution in [0.2, 0.25) is 0 Å². The van der Waals surface area contributed by atoms with Gasteiger partial charge in [-0.25, -0.2) is 4.98 Å². The van der Waals surface area contributed by atoms with Gasteiger partial charge in [-0.1, -0.05) is 0 Å². The molecule has 0 amide bonds. The van der Waals surface area contributed by atoms with Gasteiger partial charge in [0.15, 0.2) is 6.29 Å². The van der Waals surface area contributed by atoms with E-state index in [2.05, 4.69) is 4.98 Å². The van der Waals surface area contributed by atoms with Crippen molar-refractivity contribution in [2.45, 2.75) is 6.42 Å². The van der Waals surface area contributed by atoms with Crippen molar-refractivity contribution in [3.63, 3.8) is 0 Å². The van der Waals surface area contributed by atoms with Crippen molar-refractivity contribution in [3.8, 4) is 5.88 Å². The third kappa shape index (κ3) is 3.53. The normalized spacial score (nSPS) is 9.79. The fourth-order valence-corrected chi connectivity index (χ4v) is 0.927.